The molecule has 2 N–H and O–H groups in total. The summed E-state index contributed by atoms with van der Waals surface area (Å²) in [5.74, 6) is -2.96. The summed E-state index contributed by atoms with van der Waals surface area (Å²) < 4.78 is 60.6. The number of rotatable bonds is 7. The van der Waals surface area contributed by atoms with E-state index in [2.05, 4.69) is 21.2 Å². The molecule has 1 aliphatic rings. The Labute approximate surface area is 216 Å². The van der Waals surface area contributed by atoms with Crippen LogP contribution >= 0.6 is 15.9 Å². The van der Waals surface area contributed by atoms with E-state index in [4.69, 9.17) is 9.90 Å². The predicted octanol–water partition coefficient (Wildman–Crippen LogP) is 3.31. The SMILES string of the molecule is CC(CN(CC(=O)N1CCNCC1)S(=O)(=O)c1ccc(Br)cc1)c1ccccc1.O=C(O)C(F)(F)F. The molecule has 0 aromatic heterocycles. The zero-order chi connectivity index (χ0) is 26.9. The summed E-state index contributed by atoms with van der Waals surface area (Å²) in [4.78, 5) is 23.7. The quantitative estimate of drug-likeness (QED) is 0.510. The first-order valence-corrected chi connectivity index (χ1v) is 13.1. The van der Waals surface area contributed by atoms with Gasteiger partial charge in [-0.15, -0.1) is 0 Å². The normalized spacial score (nSPS) is 15.1. The summed E-state index contributed by atoms with van der Waals surface area (Å²) in [6, 6.07) is 16.3. The van der Waals surface area contributed by atoms with Gasteiger partial charge in [-0.05, 0) is 35.7 Å². The highest BCUT2D eigenvalue weighted by atomic mass is 79.9. The number of carbonyl (C=O) groups excluding carboxylic acids is 1. The molecule has 0 aliphatic carbocycles. The van der Waals surface area contributed by atoms with Gasteiger partial charge in [0.2, 0.25) is 15.9 Å². The zero-order valence-electron chi connectivity index (χ0n) is 19.4. The number of piperazine rings is 1. The molecule has 13 heteroatoms. The van der Waals surface area contributed by atoms with Crippen molar-refractivity contribution in [2.45, 2.75) is 23.9 Å². The van der Waals surface area contributed by atoms with Gasteiger partial charge in [-0.3, -0.25) is 4.79 Å². The molecule has 0 saturated carbocycles. The molecule has 2 aromatic carbocycles. The predicted molar refractivity (Wildman–Crippen MR) is 131 cm³/mol. The van der Waals surface area contributed by atoms with Gasteiger partial charge >= 0.3 is 12.1 Å². The molecular formula is C23H27BrF3N3O5S. The Bertz CT molecular complexity index is 1110. The standard InChI is InChI=1S/C21H26BrN3O3S.C2HF3O2/c1-17(18-5-3-2-4-6-18)15-25(16-21(26)24-13-11-23-12-14-24)29(27,28)20-9-7-19(22)8-10-20;3-2(4,5)1(6)7/h2-10,17,23H,11-16H2,1H3;(H,6,7). The van der Waals surface area contributed by atoms with E-state index in [1.165, 1.54) is 4.31 Å². The average Bonchev–Trinajstić information content (AvgIpc) is 2.84. The monoisotopic (exact) mass is 593 g/mol. The van der Waals surface area contributed by atoms with Crippen LogP contribution in [0.1, 0.15) is 18.4 Å². The second-order valence-electron chi connectivity index (χ2n) is 8.00. The van der Waals surface area contributed by atoms with Crippen LogP contribution in [0.3, 0.4) is 0 Å². The highest BCUT2D eigenvalue weighted by Gasteiger charge is 2.38. The first-order chi connectivity index (χ1) is 16.8. The van der Waals surface area contributed by atoms with Crippen molar-refractivity contribution in [2.24, 2.45) is 0 Å². The Morgan fingerprint density at radius 3 is 2.11 bits per heavy atom. The minimum atomic E-state index is -5.08. The number of carbonyl (C=O) groups is 2. The number of hydrogen-bond acceptors (Lipinski definition) is 5. The molecule has 198 valence electrons. The van der Waals surface area contributed by atoms with E-state index in [1.807, 2.05) is 37.3 Å². The van der Waals surface area contributed by atoms with Gasteiger partial charge in [-0.1, -0.05) is 53.2 Å². The summed E-state index contributed by atoms with van der Waals surface area (Å²) >= 11 is 3.34. The number of carboxylic acid groups (broad SMARTS) is 1. The van der Waals surface area contributed by atoms with Gasteiger partial charge in [0.25, 0.3) is 0 Å². The maximum Gasteiger partial charge on any atom is 0.490 e. The molecule has 36 heavy (non-hydrogen) atoms. The minimum Gasteiger partial charge on any atom is -0.475 e. The third-order valence-corrected chi connectivity index (χ3v) is 7.68. The van der Waals surface area contributed by atoms with E-state index >= 15 is 0 Å². The number of sulfonamides is 1. The van der Waals surface area contributed by atoms with E-state index in [1.54, 1.807) is 29.2 Å². The van der Waals surface area contributed by atoms with E-state index in [9.17, 15) is 26.4 Å². The molecule has 0 spiro atoms. The summed E-state index contributed by atoms with van der Waals surface area (Å²) in [6.07, 6.45) is -5.08. The van der Waals surface area contributed by atoms with Crippen molar-refractivity contribution in [1.82, 2.24) is 14.5 Å². The number of amides is 1. The number of hydrogen-bond donors (Lipinski definition) is 2. The van der Waals surface area contributed by atoms with E-state index < -0.39 is 22.2 Å². The Hall–Kier alpha value is -2.48. The van der Waals surface area contributed by atoms with Gasteiger partial charge in [0, 0.05) is 37.2 Å². The van der Waals surface area contributed by atoms with Crippen molar-refractivity contribution in [3.05, 3.63) is 64.6 Å². The van der Waals surface area contributed by atoms with Gasteiger partial charge in [-0.25, -0.2) is 13.2 Å². The van der Waals surface area contributed by atoms with Crippen LogP contribution in [-0.2, 0) is 19.6 Å². The lowest BCUT2D eigenvalue weighted by molar-refractivity contribution is -0.192. The van der Waals surface area contributed by atoms with Crippen molar-refractivity contribution < 1.29 is 36.3 Å². The number of benzene rings is 2. The molecule has 0 bridgehead atoms. The van der Waals surface area contributed by atoms with Crippen LogP contribution in [0.15, 0.2) is 64.0 Å². The van der Waals surface area contributed by atoms with Gasteiger partial charge in [0.15, 0.2) is 0 Å². The molecule has 3 rings (SSSR count). The minimum absolute atomic E-state index is 0.0442. The van der Waals surface area contributed by atoms with Crippen molar-refractivity contribution in [3.8, 4) is 0 Å². The number of aliphatic carboxylic acids is 1. The topological polar surface area (TPSA) is 107 Å². The molecule has 2 aromatic rings. The molecule has 1 saturated heterocycles. The van der Waals surface area contributed by atoms with Crippen LogP contribution in [0.25, 0.3) is 0 Å². The molecular weight excluding hydrogens is 567 g/mol. The molecule has 0 radical (unpaired) electrons. The van der Waals surface area contributed by atoms with Gasteiger partial charge in [-0.2, -0.15) is 17.5 Å². The number of halogens is 4. The van der Waals surface area contributed by atoms with Crippen LogP contribution in [0.2, 0.25) is 0 Å². The van der Waals surface area contributed by atoms with Crippen molar-refractivity contribution >= 4 is 37.8 Å². The van der Waals surface area contributed by atoms with Crippen LogP contribution in [0.4, 0.5) is 13.2 Å². The molecule has 1 heterocycles. The van der Waals surface area contributed by atoms with Gasteiger partial charge in [0.05, 0.1) is 11.4 Å². The molecule has 1 atom stereocenters. The fourth-order valence-corrected chi connectivity index (χ4v) is 5.10. The number of nitrogens with zero attached hydrogens (tertiary/aromatic N) is 2. The first-order valence-electron chi connectivity index (χ1n) is 10.9. The van der Waals surface area contributed by atoms with E-state index in [0.29, 0.717) is 13.1 Å². The van der Waals surface area contributed by atoms with E-state index in [-0.39, 0.29) is 29.8 Å². The fourth-order valence-electron chi connectivity index (χ4n) is 3.36. The summed E-state index contributed by atoms with van der Waals surface area (Å²) in [5.41, 5.74) is 1.04. The van der Waals surface area contributed by atoms with Crippen LogP contribution in [-0.4, -0.2) is 80.1 Å². The second-order valence-corrected chi connectivity index (χ2v) is 10.9. The van der Waals surface area contributed by atoms with Crippen molar-refractivity contribution in [2.75, 3.05) is 39.3 Å². The molecule has 8 nitrogen and oxygen atoms in total. The second kappa shape index (κ2) is 13.2. The fraction of sp³-hybridized carbons (Fsp3) is 0.391. The zero-order valence-corrected chi connectivity index (χ0v) is 21.8. The maximum absolute atomic E-state index is 13.4. The number of carboxylic acids is 1. The van der Waals surface area contributed by atoms with Crippen LogP contribution in [0, 0.1) is 0 Å². The lowest BCUT2D eigenvalue weighted by Gasteiger charge is -2.31. The summed E-state index contributed by atoms with van der Waals surface area (Å²) in [6.45, 7) is 4.71. The highest BCUT2D eigenvalue weighted by molar-refractivity contribution is 9.10. The summed E-state index contributed by atoms with van der Waals surface area (Å²) in [5, 5.41) is 10.3. The van der Waals surface area contributed by atoms with Gasteiger partial charge in [0.1, 0.15) is 0 Å². The Morgan fingerprint density at radius 2 is 1.61 bits per heavy atom. The molecule has 1 fully saturated rings. The van der Waals surface area contributed by atoms with Crippen molar-refractivity contribution in [3.63, 3.8) is 0 Å². The van der Waals surface area contributed by atoms with Crippen molar-refractivity contribution in [1.29, 1.82) is 0 Å². The Morgan fingerprint density at radius 1 is 1.08 bits per heavy atom. The Kier molecular flexibility index (Phi) is 10.9. The van der Waals surface area contributed by atoms with Crippen LogP contribution < -0.4 is 5.32 Å². The lowest BCUT2D eigenvalue weighted by atomic mass is 10.0. The first kappa shape index (κ1) is 29.7. The smallest absolute Gasteiger partial charge is 0.475 e. The number of alkyl halides is 3. The maximum atomic E-state index is 13.4. The number of nitrogens with one attached hydrogen (secondary N) is 1. The lowest BCUT2D eigenvalue weighted by Crippen LogP contribution is -2.50. The largest absolute Gasteiger partial charge is 0.490 e. The average molecular weight is 594 g/mol. The molecule has 1 unspecified atom stereocenters. The summed E-state index contributed by atoms with van der Waals surface area (Å²) in [7, 11) is -3.81. The molecule has 1 amide bonds. The highest BCUT2D eigenvalue weighted by Crippen LogP contribution is 2.23. The third-order valence-electron chi connectivity index (χ3n) is 5.32. The van der Waals surface area contributed by atoms with Crippen LogP contribution in [0.5, 0.6) is 0 Å². The Balaban J connectivity index is 0.000000572. The van der Waals surface area contributed by atoms with E-state index in [0.717, 1.165) is 23.1 Å². The van der Waals surface area contributed by atoms with Gasteiger partial charge < -0.3 is 15.3 Å². The molecule has 1 aliphatic heterocycles. The third kappa shape index (κ3) is 8.87.